The molecule has 0 saturated carbocycles. The number of hydrogen-bond acceptors (Lipinski definition) is 1. The fraction of sp³-hybridized carbons (Fsp3) is 0.200. The van der Waals surface area contributed by atoms with Crippen molar-refractivity contribution in [3.63, 3.8) is 0 Å². The van der Waals surface area contributed by atoms with E-state index in [2.05, 4.69) is 0 Å². The Morgan fingerprint density at radius 3 is 2.50 bits per heavy atom. The molecule has 0 heterocycles. The van der Waals surface area contributed by atoms with Gasteiger partial charge in [0, 0.05) is 6.61 Å². The molecule has 1 rings (SSSR count). The topological polar surface area (TPSA) is 9.23 Å². The maximum atomic E-state index is 5.19. The van der Waals surface area contributed by atoms with Gasteiger partial charge in [-0.15, -0.1) is 0 Å². The van der Waals surface area contributed by atoms with E-state index in [-0.39, 0.29) is 18.9 Å². The molecule has 0 atom stereocenters. The van der Waals surface area contributed by atoms with Crippen LogP contribution in [-0.2, 0) is 11.3 Å². The van der Waals surface area contributed by atoms with E-state index in [0.717, 1.165) is 0 Å². The van der Waals surface area contributed by atoms with Gasteiger partial charge in [0.05, 0.1) is 6.61 Å². The Labute approximate surface area is 85.6 Å². The molecule has 0 aliphatic heterocycles. The fourth-order valence-corrected chi connectivity index (χ4v) is 0.819. The van der Waals surface area contributed by atoms with Crippen LogP contribution in [0.15, 0.2) is 36.4 Å². The summed E-state index contributed by atoms with van der Waals surface area (Å²) in [5.74, 6) is 0. The smallest absolute Gasteiger partial charge is 0.516 e. The average Bonchev–Trinajstić information content (AvgIpc) is 2.07. The zero-order chi connectivity index (χ0) is 7.94. The first-order valence-corrected chi connectivity index (χ1v) is 3.58. The summed E-state index contributed by atoms with van der Waals surface area (Å²) >= 11 is 0. The Kier molecular flexibility index (Phi) is 6.89. The van der Waals surface area contributed by atoms with Crippen LogP contribution < -0.4 is 18.9 Å². The summed E-state index contributed by atoms with van der Waals surface area (Å²) < 4.78 is 5.19. The second kappa shape index (κ2) is 7.18. The maximum Gasteiger partial charge on any atom is 1.00 e. The SMILES string of the molecule is [CH-]=CCOCc1ccccc1.[Li+]. The molecule has 0 aliphatic rings. The van der Waals surface area contributed by atoms with Crippen LogP contribution in [0, 0.1) is 6.58 Å². The summed E-state index contributed by atoms with van der Waals surface area (Å²) in [5.41, 5.74) is 1.18. The minimum absolute atomic E-state index is 0. The van der Waals surface area contributed by atoms with Crippen molar-refractivity contribution in [3.8, 4) is 0 Å². The van der Waals surface area contributed by atoms with Gasteiger partial charge >= 0.3 is 18.9 Å². The van der Waals surface area contributed by atoms with E-state index in [0.29, 0.717) is 13.2 Å². The molecule has 1 aromatic carbocycles. The summed E-state index contributed by atoms with van der Waals surface area (Å²) in [7, 11) is 0. The largest absolute Gasteiger partial charge is 1.00 e. The molecular formula is C10H11LiO. The van der Waals surface area contributed by atoms with Gasteiger partial charge in [-0.3, -0.25) is 0 Å². The number of ether oxygens (including phenoxy) is 1. The van der Waals surface area contributed by atoms with Crippen LogP contribution in [0.25, 0.3) is 0 Å². The van der Waals surface area contributed by atoms with Gasteiger partial charge < -0.3 is 11.3 Å². The Hall–Kier alpha value is -0.483. The molecular weight excluding hydrogens is 143 g/mol. The maximum absolute atomic E-state index is 5.19. The first kappa shape index (κ1) is 11.5. The third kappa shape index (κ3) is 4.41. The molecule has 12 heavy (non-hydrogen) atoms. The van der Waals surface area contributed by atoms with Crippen molar-refractivity contribution in [2.75, 3.05) is 6.61 Å². The van der Waals surface area contributed by atoms with Crippen molar-refractivity contribution in [1.29, 1.82) is 0 Å². The van der Waals surface area contributed by atoms with E-state index in [4.69, 9.17) is 11.3 Å². The minimum atomic E-state index is 0. The average molecular weight is 154 g/mol. The molecule has 0 bridgehead atoms. The number of benzene rings is 1. The van der Waals surface area contributed by atoms with Crippen LogP contribution in [0.1, 0.15) is 5.56 Å². The molecule has 1 aromatic rings. The third-order valence-corrected chi connectivity index (χ3v) is 1.33. The van der Waals surface area contributed by atoms with E-state index < -0.39 is 0 Å². The van der Waals surface area contributed by atoms with Crippen LogP contribution in [0.2, 0.25) is 0 Å². The summed E-state index contributed by atoms with van der Waals surface area (Å²) in [5, 5.41) is 0. The van der Waals surface area contributed by atoms with Crippen molar-refractivity contribution in [2.24, 2.45) is 0 Å². The van der Waals surface area contributed by atoms with Crippen LogP contribution >= 0.6 is 0 Å². The molecule has 0 aromatic heterocycles. The molecule has 0 saturated heterocycles. The van der Waals surface area contributed by atoms with Crippen molar-refractivity contribution in [1.82, 2.24) is 0 Å². The molecule has 0 amide bonds. The molecule has 0 N–H and O–H groups in total. The van der Waals surface area contributed by atoms with Gasteiger partial charge in [-0.2, -0.15) is 0 Å². The zero-order valence-electron chi connectivity index (χ0n) is 7.36. The van der Waals surface area contributed by atoms with Crippen LogP contribution in [0.5, 0.6) is 0 Å². The predicted molar refractivity (Wildman–Crippen MR) is 45.0 cm³/mol. The molecule has 0 radical (unpaired) electrons. The van der Waals surface area contributed by atoms with Crippen molar-refractivity contribution < 1.29 is 23.6 Å². The molecule has 2 heteroatoms. The van der Waals surface area contributed by atoms with E-state index >= 15 is 0 Å². The second-order valence-electron chi connectivity index (χ2n) is 2.24. The van der Waals surface area contributed by atoms with Gasteiger partial charge in [-0.05, 0) is 5.56 Å². The molecule has 1 nitrogen and oxygen atoms in total. The molecule has 58 valence electrons. The van der Waals surface area contributed by atoms with Gasteiger partial charge in [-0.25, -0.2) is 6.08 Å². The van der Waals surface area contributed by atoms with Crippen molar-refractivity contribution in [3.05, 3.63) is 48.6 Å². The summed E-state index contributed by atoms with van der Waals surface area (Å²) in [6, 6.07) is 10.0. The van der Waals surface area contributed by atoms with Crippen LogP contribution in [0.4, 0.5) is 0 Å². The van der Waals surface area contributed by atoms with E-state index in [1.54, 1.807) is 0 Å². The quantitative estimate of drug-likeness (QED) is 0.313. The third-order valence-electron chi connectivity index (χ3n) is 1.33. The summed E-state index contributed by atoms with van der Waals surface area (Å²) in [4.78, 5) is 0. The van der Waals surface area contributed by atoms with Gasteiger partial charge in [0.2, 0.25) is 0 Å². The van der Waals surface area contributed by atoms with Crippen LogP contribution in [0.3, 0.4) is 0 Å². The first-order chi connectivity index (χ1) is 5.43. The van der Waals surface area contributed by atoms with E-state index in [9.17, 15) is 0 Å². The monoisotopic (exact) mass is 154 g/mol. The van der Waals surface area contributed by atoms with Crippen molar-refractivity contribution >= 4 is 0 Å². The van der Waals surface area contributed by atoms with Gasteiger partial charge in [0.1, 0.15) is 0 Å². The second-order valence-corrected chi connectivity index (χ2v) is 2.24. The first-order valence-electron chi connectivity index (χ1n) is 3.58. The molecule has 0 spiro atoms. The molecule has 0 aliphatic carbocycles. The van der Waals surface area contributed by atoms with Crippen molar-refractivity contribution in [2.45, 2.75) is 6.61 Å². The van der Waals surface area contributed by atoms with E-state index in [1.807, 2.05) is 30.3 Å². The number of rotatable bonds is 4. The normalized spacial score (nSPS) is 8.67. The Balaban J connectivity index is 0.00000121. The van der Waals surface area contributed by atoms with Gasteiger partial charge in [0.15, 0.2) is 0 Å². The summed E-state index contributed by atoms with van der Waals surface area (Å²) in [6.07, 6.45) is 1.50. The standard InChI is InChI=1S/C10H11O.Li/c1-2-8-11-9-10-6-4-3-5-7-10;/h1-7H,8-9H2;/q-1;+1. The van der Waals surface area contributed by atoms with E-state index in [1.165, 1.54) is 11.6 Å². The van der Waals surface area contributed by atoms with Crippen LogP contribution in [-0.4, -0.2) is 6.61 Å². The predicted octanol–water partition coefficient (Wildman–Crippen LogP) is -0.804. The Bertz CT molecular complexity index is 208. The summed E-state index contributed by atoms with van der Waals surface area (Å²) in [6.45, 7) is 6.28. The Morgan fingerprint density at radius 1 is 1.25 bits per heavy atom. The minimum Gasteiger partial charge on any atom is -0.516 e. The van der Waals surface area contributed by atoms with Gasteiger partial charge in [0.25, 0.3) is 0 Å². The molecule has 0 fully saturated rings. The van der Waals surface area contributed by atoms with Gasteiger partial charge in [-0.1, -0.05) is 30.3 Å². The Morgan fingerprint density at radius 2 is 1.92 bits per heavy atom. The zero-order valence-corrected chi connectivity index (χ0v) is 7.36. The fourth-order valence-electron chi connectivity index (χ4n) is 0.819. The molecule has 0 unspecified atom stereocenters. The number of hydrogen-bond donors (Lipinski definition) is 0.